The van der Waals surface area contributed by atoms with Gasteiger partial charge in [-0.05, 0) is 22.0 Å². The van der Waals surface area contributed by atoms with Gasteiger partial charge in [0.2, 0.25) is 0 Å². The fraction of sp³-hybridized carbons (Fsp3) is 0.400. The number of methoxy groups -OCH3 is 1. The zero-order chi connectivity index (χ0) is 10.8. The number of nitrogens with zero attached hydrogens (tertiary/aromatic N) is 2. The van der Waals surface area contributed by atoms with Crippen LogP contribution in [0.15, 0.2) is 22.9 Å². The van der Waals surface area contributed by atoms with Crippen LogP contribution in [0.3, 0.4) is 0 Å². The molecule has 1 aliphatic heterocycles. The quantitative estimate of drug-likeness (QED) is 0.814. The van der Waals surface area contributed by atoms with Gasteiger partial charge in [0.25, 0.3) is 5.91 Å². The molecule has 0 bridgehead atoms. The summed E-state index contributed by atoms with van der Waals surface area (Å²) in [7, 11) is 1.66. The monoisotopic (exact) mass is 270 g/mol. The highest BCUT2D eigenvalue weighted by Gasteiger charge is 2.31. The number of amides is 1. The number of pyridine rings is 1. The van der Waals surface area contributed by atoms with E-state index in [9.17, 15) is 4.79 Å². The van der Waals surface area contributed by atoms with E-state index in [-0.39, 0.29) is 12.0 Å². The van der Waals surface area contributed by atoms with Gasteiger partial charge in [0.05, 0.1) is 11.7 Å². The Kier molecular flexibility index (Phi) is 3.02. The average Bonchev–Trinajstić information content (AvgIpc) is 2.16. The van der Waals surface area contributed by atoms with E-state index >= 15 is 0 Å². The number of aromatic nitrogens is 1. The number of carbonyl (C=O) groups excluding carboxylic acids is 1. The molecule has 0 aromatic carbocycles. The normalized spacial score (nSPS) is 16.3. The molecule has 1 amide bonds. The first-order valence-electron chi connectivity index (χ1n) is 4.64. The summed E-state index contributed by atoms with van der Waals surface area (Å²) in [5.41, 5.74) is 0.652. The van der Waals surface area contributed by atoms with Gasteiger partial charge in [-0.25, -0.2) is 0 Å². The van der Waals surface area contributed by atoms with Crippen LogP contribution < -0.4 is 0 Å². The van der Waals surface area contributed by atoms with Crippen molar-refractivity contribution in [3.8, 4) is 0 Å². The number of ether oxygens (including phenoxy) is 1. The highest BCUT2D eigenvalue weighted by atomic mass is 79.9. The Morgan fingerprint density at radius 2 is 2.40 bits per heavy atom. The molecule has 4 nitrogen and oxygen atoms in total. The van der Waals surface area contributed by atoms with Crippen molar-refractivity contribution in [1.29, 1.82) is 0 Å². The smallest absolute Gasteiger partial charge is 0.255 e. The maximum absolute atomic E-state index is 11.9. The molecule has 1 aromatic heterocycles. The molecule has 0 atom stereocenters. The maximum Gasteiger partial charge on any atom is 0.255 e. The van der Waals surface area contributed by atoms with Crippen molar-refractivity contribution in [2.75, 3.05) is 20.2 Å². The van der Waals surface area contributed by atoms with Crippen molar-refractivity contribution < 1.29 is 9.53 Å². The molecular weight excluding hydrogens is 260 g/mol. The summed E-state index contributed by atoms with van der Waals surface area (Å²) < 4.78 is 5.85. The molecule has 0 saturated carbocycles. The van der Waals surface area contributed by atoms with E-state index in [2.05, 4.69) is 20.9 Å². The Morgan fingerprint density at radius 1 is 1.67 bits per heavy atom. The molecule has 0 aliphatic carbocycles. The summed E-state index contributed by atoms with van der Waals surface area (Å²) in [5.74, 6) is 0.0255. The number of hydrogen-bond donors (Lipinski definition) is 0. The first-order valence-corrected chi connectivity index (χ1v) is 5.43. The van der Waals surface area contributed by atoms with Gasteiger partial charge in [-0.1, -0.05) is 0 Å². The molecule has 80 valence electrons. The minimum absolute atomic E-state index is 0.0255. The largest absolute Gasteiger partial charge is 0.378 e. The number of likely N-dealkylation sites (tertiary alicyclic amines) is 1. The lowest BCUT2D eigenvalue weighted by Crippen LogP contribution is -2.54. The lowest BCUT2D eigenvalue weighted by Gasteiger charge is -2.38. The number of hydrogen-bond acceptors (Lipinski definition) is 3. The third-order valence-corrected chi connectivity index (χ3v) is 3.10. The molecule has 0 N–H and O–H groups in total. The zero-order valence-corrected chi connectivity index (χ0v) is 9.90. The van der Waals surface area contributed by atoms with E-state index in [0.29, 0.717) is 18.7 Å². The van der Waals surface area contributed by atoms with E-state index in [1.807, 2.05) is 0 Å². The lowest BCUT2D eigenvalue weighted by molar-refractivity contribution is -0.0192. The maximum atomic E-state index is 11.9. The number of rotatable bonds is 2. The van der Waals surface area contributed by atoms with Crippen LogP contribution in [0, 0.1) is 0 Å². The first-order chi connectivity index (χ1) is 7.22. The van der Waals surface area contributed by atoms with Gasteiger partial charge in [-0.15, -0.1) is 0 Å². The van der Waals surface area contributed by atoms with E-state index in [0.717, 1.165) is 4.47 Å². The van der Waals surface area contributed by atoms with Crippen LogP contribution in [-0.4, -0.2) is 42.1 Å². The van der Waals surface area contributed by atoms with E-state index in [4.69, 9.17) is 4.74 Å². The predicted molar refractivity (Wildman–Crippen MR) is 58.6 cm³/mol. The van der Waals surface area contributed by atoms with E-state index in [1.54, 1.807) is 30.5 Å². The van der Waals surface area contributed by atoms with Crippen molar-refractivity contribution in [1.82, 2.24) is 9.88 Å². The Balaban J connectivity index is 2.07. The molecule has 0 unspecified atom stereocenters. The van der Waals surface area contributed by atoms with Crippen molar-refractivity contribution in [2.45, 2.75) is 6.10 Å². The summed E-state index contributed by atoms with van der Waals surface area (Å²) in [6.45, 7) is 1.34. The Labute approximate surface area is 96.4 Å². The van der Waals surface area contributed by atoms with Gasteiger partial charge in [-0.2, -0.15) is 0 Å². The van der Waals surface area contributed by atoms with Crippen LogP contribution in [0.5, 0.6) is 0 Å². The molecule has 0 radical (unpaired) electrons. The van der Waals surface area contributed by atoms with Crippen molar-refractivity contribution in [2.24, 2.45) is 0 Å². The zero-order valence-electron chi connectivity index (χ0n) is 8.31. The van der Waals surface area contributed by atoms with Gasteiger partial charge in [0, 0.05) is 37.1 Å². The fourth-order valence-corrected chi connectivity index (χ4v) is 1.89. The average molecular weight is 271 g/mol. The standard InChI is InChI=1S/C10H11BrN2O2/c1-15-7-5-13(6-7)10(14)8-2-3-12-4-9(8)11/h2-4,7H,5-6H2,1H3. The van der Waals surface area contributed by atoms with Crippen molar-refractivity contribution >= 4 is 21.8 Å². The summed E-state index contributed by atoms with van der Waals surface area (Å²) in [4.78, 5) is 17.6. The first kappa shape index (κ1) is 10.6. The minimum atomic E-state index is 0.0255. The van der Waals surface area contributed by atoms with Gasteiger partial charge in [-0.3, -0.25) is 9.78 Å². The molecular formula is C10H11BrN2O2. The van der Waals surface area contributed by atoms with E-state index < -0.39 is 0 Å². The Bertz CT molecular complexity index is 377. The highest BCUT2D eigenvalue weighted by molar-refractivity contribution is 9.10. The third kappa shape index (κ3) is 2.03. The second-order valence-corrected chi connectivity index (χ2v) is 4.28. The molecule has 1 aliphatic rings. The summed E-state index contributed by atoms with van der Waals surface area (Å²) in [5, 5.41) is 0. The molecule has 0 spiro atoms. The topological polar surface area (TPSA) is 42.4 Å². The van der Waals surface area contributed by atoms with Crippen LogP contribution in [0.4, 0.5) is 0 Å². The van der Waals surface area contributed by atoms with Gasteiger partial charge < -0.3 is 9.64 Å². The molecule has 1 aromatic rings. The van der Waals surface area contributed by atoms with Crippen LogP contribution in [0.25, 0.3) is 0 Å². The molecule has 5 heteroatoms. The summed E-state index contributed by atoms with van der Waals surface area (Å²) >= 11 is 3.31. The minimum Gasteiger partial charge on any atom is -0.378 e. The third-order valence-electron chi connectivity index (χ3n) is 2.47. The van der Waals surface area contributed by atoms with Crippen LogP contribution in [0.2, 0.25) is 0 Å². The molecule has 1 fully saturated rings. The van der Waals surface area contributed by atoms with Gasteiger partial charge in [0.1, 0.15) is 0 Å². The molecule has 15 heavy (non-hydrogen) atoms. The van der Waals surface area contributed by atoms with Gasteiger partial charge in [0.15, 0.2) is 0 Å². The second kappa shape index (κ2) is 4.28. The molecule has 2 rings (SSSR count). The van der Waals surface area contributed by atoms with Crippen molar-refractivity contribution in [3.63, 3.8) is 0 Å². The second-order valence-electron chi connectivity index (χ2n) is 3.42. The molecule has 2 heterocycles. The number of carbonyl (C=O) groups is 1. The summed E-state index contributed by atoms with van der Waals surface area (Å²) in [6.07, 6.45) is 3.43. The Morgan fingerprint density at radius 3 is 3.00 bits per heavy atom. The SMILES string of the molecule is COC1CN(C(=O)c2ccncc2Br)C1. The van der Waals surface area contributed by atoms with Crippen LogP contribution in [0.1, 0.15) is 10.4 Å². The van der Waals surface area contributed by atoms with Gasteiger partial charge >= 0.3 is 0 Å². The number of halogens is 1. The lowest BCUT2D eigenvalue weighted by atomic mass is 10.1. The van der Waals surface area contributed by atoms with E-state index in [1.165, 1.54) is 0 Å². The summed E-state index contributed by atoms with van der Waals surface area (Å²) in [6, 6.07) is 1.71. The van der Waals surface area contributed by atoms with Crippen LogP contribution >= 0.6 is 15.9 Å². The predicted octanol–water partition coefficient (Wildman–Crippen LogP) is 1.31. The fourth-order valence-electron chi connectivity index (χ4n) is 1.47. The highest BCUT2D eigenvalue weighted by Crippen LogP contribution is 2.20. The van der Waals surface area contributed by atoms with Crippen molar-refractivity contribution in [3.05, 3.63) is 28.5 Å². The molecule has 1 saturated heterocycles. The Hall–Kier alpha value is -0.940. The van der Waals surface area contributed by atoms with Crippen LogP contribution in [-0.2, 0) is 4.74 Å².